The standard InChI is InChI=1S/C21H25N5O2/c27-21(23-11-7-20-24-18-5-1-2-6-19(18)25-20)26-12-8-17(9-13-26)28-15-16-4-3-10-22-14-16/h1-6,10,14,17H,7-9,11-13,15H2,(H,23,27)(H,24,25). The monoisotopic (exact) mass is 379 g/mol. The van der Waals surface area contributed by atoms with E-state index in [9.17, 15) is 4.79 Å². The minimum Gasteiger partial charge on any atom is -0.373 e. The average Bonchev–Trinajstić information content (AvgIpc) is 3.16. The first-order valence-electron chi connectivity index (χ1n) is 9.75. The van der Waals surface area contributed by atoms with Crippen LogP contribution in [-0.4, -0.2) is 51.6 Å². The smallest absolute Gasteiger partial charge is 0.317 e. The zero-order valence-electron chi connectivity index (χ0n) is 15.8. The van der Waals surface area contributed by atoms with E-state index in [-0.39, 0.29) is 12.1 Å². The maximum atomic E-state index is 12.4. The molecule has 2 N–H and O–H groups in total. The fourth-order valence-corrected chi connectivity index (χ4v) is 3.45. The predicted octanol–water partition coefficient (Wildman–Crippen LogP) is 2.89. The van der Waals surface area contributed by atoms with Crippen molar-refractivity contribution in [3.8, 4) is 0 Å². The first-order valence-corrected chi connectivity index (χ1v) is 9.75. The summed E-state index contributed by atoms with van der Waals surface area (Å²) >= 11 is 0. The van der Waals surface area contributed by atoms with Crippen LogP contribution in [0.5, 0.6) is 0 Å². The van der Waals surface area contributed by atoms with E-state index in [0.717, 1.165) is 35.3 Å². The SMILES string of the molecule is O=C(NCCc1nc2ccccc2[nH]1)N1CCC(OCc2cccnc2)CC1. The molecule has 2 amide bonds. The van der Waals surface area contributed by atoms with E-state index < -0.39 is 0 Å². The molecule has 0 spiro atoms. The highest BCUT2D eigenvalue weighted by atomic mass is 16.5. The number of carbonyl (C=O) groups is 1. The summed E-state index contributed by atoms with van der Waals surface area (Å²) in [4.78, 5) is 26.2. The molecule has 0 unspecified atom stereocenters. The molecule has 1 aliphatic heterocycles. The molecule has 0 radical (unpaired) electrons. The number of imidazole rings is 1. The average molecular weight is 379 g/mol. The van der Waals surface area contributed by atoms with Crippen LogP contribution in [-0.2, 0) is 17.8 Å². The van der Waals surface area contributed by atoms with E-state index in [0.29, 0.717) is 32.7 Å². The number of aromatic nitrogens is 3. The molecule has 1 saturated heterocycles. The van der Waals surface area contributed by atoms with Crippen molar-refractivity contribution in [2.45, 2.75) is 32.0 Å². The number of urea groups is 1. The summed E-state index contributed by atoms with van der Waals surface area (Å²) < 4.78 is 5.95. The van der Waals surface area contributed by atoms with E-state index in [1.807, 2.05) is 47.5 Å². The molecule has 7 heteroatoms. The van der Waals surface area contributed by atoms with Gasteiger partial charge in [-0.2, -0.15) is 0 Å². The number of fused-ring (bicyclic) bond motifs is 1. The Hall–Kier alpha value is -2.93. The highest BCUT2D eigenvalue weighted by molar-refractivity contribution is 5.75. The number of likely N-dealkylation sites (tertiary alicyclic amines) is 1. The summed E-state index contributed by atoms with van der Waals surface area (Å²) in [5.74, 6) is 0.893. The van der Waals surface area contributed by atoms with Crippen molar-refractivity contribution >= 4 is 17.1 Å². The topological polar surface area (TPSA) is 83.1 Å². The van der Waals surface area contributed by atoms with E-state index >= 15 is 0 Å². The Bertz CT molecular complexity index is 870. The van der Waals surface area contributed by atoms with Gasteiger partial charge in [0.1, 0.15) is 5.82 Å². The lowest BCUT2D eigenvalue weighted by molar-refractivity contribution is 0.00438. The highest BCUT2D eigenvalue weighted by Crippen LogP contribution is 2.16. The van der Waals surface area contributed by atoms with Crippen molar-refractivity contribution < 1.29 is 9.53 Å². The molecule has 1 aromatic carbocycles. The fourth-order valence-electron chi connectivity index (χ4n) is 3.45. The van der Waals surface area contributed by atoms with Crippen molar-refractivity contribution in [2.75, 3.05) is 19.6 Å². The molecule has 0 bridgehead atoms. The van der Waals surface area contributed by atoms with Crippen LogP contribution in [0.25, 0.3) is 11.0 Å². The van der Waals surface area contributed by atoms with Gasteiger partial charge in [-0.25, -0.2) is 9.78 Å². The van der Waals surface area contributed by atoms with Crippen LogP contribution in [0, 0.1) is 0 Å². The summed E-state index contributed by atoms with van der Waals surface area (Å²) in [6, 6.07) is 11.9. The van der Waals surface area contributed by atoms with Crippen molar-refractivity contribution in [3.05, 3.63) is 60.2 Å². The van der Waals surface area contributed by atoms with Gasteiger partial charge in [-0.1, -0.05) is 18.2 Å². The molecular formula is C21H25N5O2. The number of pyridine rings is 1. The van der Waals surface area contributed by atoms with Crippen molar-refractivity contribution in [1.82, 2.24) is 25.2 Å². The van der Waals surface area contributed by atoms with Crippen LogP contribution in [0.2, 0.25) is 0 Å². The molecule has 0 atom stereocenters. The predicted molar refractivity (Wildman–Crippen MR) is 107 cm³/mol. The maximum Gasteiger partial charge on any atom is 0.317 e. The Labute approximate surface area is 164 Å². The summed E-state index contributed by atoms with van der Waals surface area (Å²) in [6.45, 7) is 2.57. The second kappa shape index (κ2) is 8.84. The van der Waals surface area contributed by atoms with Gasteiger partial charge in [-0.15, -0.1) is 0 Å². The molecular weight excluding hydrogens is 354 g/mol. The van der Waals surface area contributed by atoms with Gasteiger partial charge >= 0.3 is 6.03 Å². The Kier molecular flexibility index (Phi) is 5.82. The van der Waals surface area contributed by atoms with Crippen molar-refractivity contribution in [1.29, 1.82) is 0 Å². The lowest BCUT2D eigenvalue weighted by atomic mass is 10.1. The van der Waals surface area contributed by atoms with Crippen molar-refractivity contribution in [3.63, 3.8) is 0 Å². The third-order valence-electron chi connectivity index (χ3n) is 5.01. The number of nitrogens with zero attached hydrogens (tertiary/aromatic N) is 3. The van der Waals surface area contributed by atoms with Crippen LogP contribution in [0.1, 0.15) is 24.2 Å². The summed E-state index contributed by atoms with van der Waals surface area (Å²) in [7, 11) is 0. The Morgan fingerprint density at radius 1 is 1.21 bits per heavy atom. The third kappa shape index (κ3) is 4.67. The molecule has 1 fully saturated rings. The van der Waals surface area contributed by atoms with Crippen LogP contribution in [0.15, 0.2) is 48.8 Å². The minimum absolute atomic E-state index is 0.0122. The van der Waals surface area contributed by atoms with Crippen molar-refractivity contribution in [2.24, 2.45) is 0 Å². The molecule has 28 heavy (non-hydrogen) atoms. The molecule has 3 heterocycles. The molecule has 0 aliphatic carbocycles. The number of nitrogens with one attached hydrogen (secondary N) is 2. The van der Waals surface area contributed by atoms with Gasteiger partial charge in [0, 0.05) is 38.4 Å². The number of carbonyl (C=O) groups excluding carboxylic acids is 1. The highest BCUT2D eigenvalue weighted by Gasteiger charge is 2.23. The summed E-state index contributed by atoms with van der Waals surface area (Å²) in [5.41, 5.74) is 3.06. The number of hydrogen-bond donors (Lipinski definition) is 2. The molecule has 7 nitrogen and oxygen atoms in total. The zero-order valence-corrected chi connectivity index (χ0v) is 15.8. The minimum atomic E-state index is -0.0122. The second-order valence-corrected chi connectivity index (χ2v) is 7.04. The zero-order chi connectivity index (χ0) is 19.2. The normalized spacial score (nSPS) is 15.1. The largest absolute Gasteiger partial charge is 0.373 e. The second-order valence-electron chi connectivity index (χ2n) is 7.04. The Balaban J connectivity index is 1.17. The molecule has 3 aromatic rings. The number of H-pyrrole nitrogens is 1. The number of rotatable bonds is 6. The molecule has 146 valence electrons. The van der Waals surface area contributed by atoms with E-state index in [2.05, 4.69) is 20.3 Å². The lowest BCUT2D eigenvalue weighted by Gasteiger charge is -2.32. The van der Waals surface area contributed by atoms with Gasteiger partial charge in [-0.3, -0.25) is 4.98 Å². The lowest BCUT2D eigenvalue weighted by Crippen LogP contribution is -2.46. The van der Waals surface area contributed by atoms with Gasteiger partial charge in [-0.05, 0) is 36.6 Å². The first kappa shape index (κ1) is 18.4. The molecule has 4 rings (SSSR count). The Morgan fingerprint density at radius 2 is 2.07 bits per heavy atom. The molecule has 0 saturated carbocycles. The quantitative estimate of drug-likeness (QED) is 0.690. The van der Waals surface area contributed by atoms with E-state index in [4.69, 9.17) is 4.74 Å². The van der Waals surface area contributed by atoms with Gasteiger partial charge in [0.25, 0.3) is 0 Å². The number of para-hydroxylation sites is 2. The van der Waals surface area contributed by atoms with E-state index in [1.54, 1.807) is 6.20 Å². The molecule has 2 aromatic heterocycles. The number of hydrogen-bond acceptors (Lipinski definition) is 4. The first-order chi connectivity index (χ1) is 13.8. The van der Waals surface area contributed by atoms with Gasteiger partial charge < -0.3 is 19.9 Å². The van der Waals surface area contributed by atoms with Crippen LogP contribution in [0.4, 0.5) is 4.79 Å². The number of piperidine rings is 1. The number of aromatic amines is 1. The summed E-state index contributed by atoms with van der Waals surface area (Å²) in [6.07, 6.45) is 6.18. The van der Waals surface area contributed by atoms with Gasteiger partial charge in [0.05, 0.1) is 23.7 Å². The maximum absolute atomic E-state index is 12.4. The summed E-state index contributed by atoms with van der Waals surface area (Å²) in [5, 5.41) is 3.00. The van der Waals surface area contributed by atoms with Gasteiger partial charge in [0.15, 0.2) is 0 Å². The number of ether oxygens (including phenoxy) is 1. The van der Waals surface area contributed by atoms with Gasteiger partial charge in [0.2, 0.25) is 0 Å². The third-order valence-corrected chi connectivity index (χ3v) is 5.01. The van der Waals surface area contributed by atoms with Crippen LogP contribution >= 0.6 is 0 Å². The van der Waals surface area contributed by atoms with Crippen LogP contribution < -0.4 is 5.32 Å². The number of benzene rings is 1. The molecule has 1 aliphatic rings. The fraction of sp³-hybridized carbons (Fsp3) is 0.381. The van der Waals surface area contributed by atoms with Crippen LogP contribution in [0.3, 0.4) is 0 Å². The Morgan fingerprint density at radius 3 is 2.86 bits per heavy atom. The number of amides is 2. The van der Waals surface area contributed by atoms with E-state index in [1.165, 1.54) is 0 Å².